The standard InChI is InChI=1S/C20H18N4O2/c1-14-18(19(23-26-14)15-9-5-3-6-10-15)20-22-21-17(25-20)13-24(2)16-11-7-4-8-12-16/h3-12H,13H2,1-2H3. The van der Waals surface area contributed by atoms with Crippen molar-refractivity contribution in [1.29, 1.82) is 0 Å². The van der Waals surface area contributed by atoms with Gasteiger partial charge in [-0.1, -0.05) is 53.7 Å². The van der Waals surface area contributed by atoms with Crippen LogP contribution in [-0.4, -0.2) is 22.4 Å². The number of nitrogens with zero attached hydrogens (tertiary/aromatic N) is 4. The van der Waals surface area contributed by atoms with Gasteiger partial charge in [-0.2, -0.15) is 0 Å². The molecule has 130 valence electrons. The Morgan fingerprint density at radius 2 is 1.62 bits per heavy atom. The third-order valence-corrected chi connectivity index (χ3v) is 4.16. The summed E-state index contributed by atoms with van der Waals surface area (Å²) in [5.74, 6) is 1.60. The van der Waals surface area contributed by atoms with E-state index in [9.17, 15) is 0 Å². The minimum absolute atomic E-state index is 0.416. The molecule has 2 aromatic heterocycles. The number of para-hydroxylation sites is 1. The van der Waals surface area contributed by atoms with E-state index in [4.69, 9.17) is 8.94 Å². The normalized spacial score (nSPS) is 10.8. The van der Waals surface area contributed by atoms with Gasteiger partial charge in [0.25, 0.3) is 5.89 Å². The van der Waals surface area contributed by atoms with Crippen molar-refractivity contribution in [2.24, 2.45) is 0 Å². The topological polar surface area (TPSA) is 68.2 Å². The van der Waals surface area contributed by atoms with Crippen LogP contribution in [0.3, 0.4) is 0 Å². The first-order valence-electron chi connectivity index (χ1n) is 8.33. The van der Waals surface area contributed by atoms with Crippen LogP contribution in [0.5, 0.6) is 0 Å². The Morgan fingerprint density at radius 1 is 0.923 bits per heavy atom. The number of anilines is 1. The number of hydrogen-bond donors (Lipinski definition) is 0. The predicted octanol–water partition coefficient (Wildman–Crippen LogP) is 4.34. The van der Waals surface area contributed by atoms with Crippen LogP contribution in [0, 0.1) is 6.92 Å². The van der Waals surface area contributed by atoms with E-state index in [1.807, 2.05) is 74.6 Å². The second-order valence-electron chi connectivity index (χ2n) is 6.02. The minimum atomic E-state index is 0.416. The van der Waals surface area contributed by atoms with Crippen LogP contribution < -0.4 is 4.90 Å². The molecule has 2 aromatic carbocycles. The van der Waals surface area contributed by atoms with Gasteiger partial charge in [-0.3, -0.25) is 0 Å². The Bertz CT molecular complexity index is 993. The summed E-state index contributed by atoms with van der Waals surface area (Å²) in [6.07, 6.45) is 0. The third-order valence-electron chi connectivity index (χ3n) is 4.16. The fourth-order valence-corrected chi connectivity index (χ4v) is 2.81. The highest BCUT2D eigenvalue weighted by Gasteiger charge is 2.22. The zero-order valence-corrected chi connectivity index (χ0v) is 14.6. The van der Waals surface area contributed by atoms with E-state index in [0.717, 1.165) is 16.8 Å². The highest BCUT2D eigenvalue weighted by Crippen LogP contribution is 2.33. The average Bonchev–Trinajstić information content (AvgIpc) is 3.29. The van der Waals surface area contributed by atoms with Gasteiger partial charge < -0.3 is 13.8 Å². The van der Waals surface area contributed by atoms with Crippen molar-refractivity contribution >= 4 is 5.69 Å². The average molecular weight is 346 g/mol. The molecule has 6 heteroatoms. The van der Waals surface area contributed by atoms with Crippen molar-refractivity contribution in [3.63, 3.8) is 0 Å². The fraction of sp³-hybridized carbons (Fsp3) is 0.150. The van der Waals surface area contributed by atoms with Gasteiger partial charge in [0.1, 0.15) is 17.0 Å². The van der Waals surface area contributed by atoms with Gasteiger partial charge in [-0.15, -0.1) is 10.2 Å². The maximum atomic E-state index is 5.90. The number of rotatable bonds is 5. The highest BCUT2D eigenvalue weighted by atomic mass is 16.5. The smallest absolute Gasteiger partial charge is 0.253 e. The lowest BCUT2D eigenvalue weighted by molar-refractivity contribution is 0.399. The van der Waals surface area contributed by atoms with Crippen LogP contribution >= 0.6 is 0 Å². The molecule has 0 bridgehead atoms. The minimum Gasteiger partial charge on any atom is -0.419 e. The monoisotopic (exact) mass is 346 g/mol. The van der Waals surface area contributed by atoms with Crippen molar-refractivity contribution in [2.45, 2.75) is 13.5 Å². The van der Waals surface area contributed by atoms with E-state index >= 15 is 0 Å². The van der Waals surface area contributed by atoms with Crippen LogP contribution in [-0.2, 0) is 6.54 Å². The summed E-state index contributed by atoms with van der Waals surface area (Å²) in [5, 5.41) is 12.6. The van der Waals surface area contributed by atoms with Gasteiger partial charge in [-0.25, -0.2) is 0 Å². The van der Waals surface area contributed by atoms with E-state index in [2.05, 4.69) is 20.3 Å². The highest BCUT2D eigenvalue weighted by molar-refractivity contribution is 5.77. The quantitative estimate of drug-likeness (QED) is 0.535. The summed E-state index contributed by atoms with van der Waals surface area (Å²) < 4.78 is 11.3. The van der Waals surface area contributed by atoms with Gasteiger partial charge in [0.2, 0.25) is 5.89 Å². The number of benzene rings is 2. The van der Waals surface area contributed by atoms with E-state index in [0.29, 0.717) is 29.8 Å². The van der Waals surface area contributed by atoms with E-state index in [-0.39, 0.29) is 0 Å². The molecule has 0 saturated heterocycles. The summed E-state index contributed by atoms with van der Waals surface area (Å²) in [5.41, 5.74) is 3.46. The predicted molar refractivity (Wildman–Crippen MR) is 98.5 cm³/mol. The molecule has 0 amide bonds. The molecule has 0 aliphatic rings. The Hall–Kier alpha value is -3.41. The lowest BCUT2D eigenvalue weighted by Crippen LogP contribution is -2.16. The molecule has 0 spiro atoms. The van der Waals surface area contributed by atoms with Gasteiger partial charge in [-0.05, 0) is 19.1 Å². The zero-order chi connectivity index (χ0) is 17.9. The molecular formula is C20H18N4O2. The van der Waals surface area contributed by atoms with E-state index in [1.54, 1.807) is 0 Å². The lowest BCUT2D eigenvalue weighted by atomic mass is 10.1. The maximum absolute atomic E-state index is 5.90. The summed E-state index contributed by atoms with van der Waals surface area (Å²) >= 11 is 0. The lowest BCUT2D eigenvalue weighted by Gasteiger charge is -2.16. The molecule has 2 heterocycles. The Labute approximate surface area is 151 Å². The first kappa shape index (κ1) is 16.1. The number of aryl methyl sites for hydroxylation is 1. The summed E-state index contributed by atoms with van der Waals surface area (Å²) in [4.78, 5) is 2.05. The van der Waals surface area contributed by atoms with Crippen LogP contribution in [0.1, 0.15) is 11.7 Å². The molecule has 0 aliphatic heterocycles. The van der Waals surface area contributed by atoms with E-state index in [1.165, 1.54) is 0 Å². The van der Waals surface area contributed by atoms with Gasteiger partial charge >= 0.3 is 0 Å². The summed E-state index contributed by atoms with van der Waals surface area (Å²) in [6, 6.07) is 19.9. The Kier molecular flexibility index (Phi) is 4.23. The molecule has 0 aliphatic carbocycles. The molecule has 0 fully saturated rings. The van der Waals surface area contributed by atoms with Crippen LogP contribution in [0.2, 0.25) is 0 Å². The first-order valence-corrected chi connectivity index (χ1v) is 8.33. The molecule has 6 nitrogen and oxygen atoms in total. The van der Waals surface area contributed by atoms with Crippen molar-refractivity contribution in [3.05, 3.63) is 72.3 Å². The van der Waals surface area contributed by atoms with Crippen LogP contribution in [0.4, 0.5) is 5.69 Å². The van der Waals surface area contributed by atoms with Crippen LogP contribution in [0.15, 0.2) is 69.6 Å². The van der Waals surface area contributed by atoms with E-state index < -0.39 is 0 Å². The molecule has 0 saturated carbocycles. The molecule has 0 radical (unpaired) electrons. The van der Waals surface area contributed by atoms with Crippen molar-refractivity contribution < 1.29 is 8.94 Å². The molecule has 26 heavy (non-hydrogen) atoms. The molecule has 4 rings (SSSR count). The Morgan fingerprint density at radius 3 is 2.35 bits per heavy atom. The third kappa shape index (κ3) is 3.09. The fourth-order valence-electron chi connectivity index (χ4n) is 2.81. The molecule has 0 atom stereocenters. The van der Waals surface area contributed by atoms with Gasteiger partial charge in [0, 0.05) is 18.3 Å². The SMILES string of the molecule is Cc1onc(-c2ccccc2)c1-c1nnc(CN(C)c2ccccc2)o1. The molecule has 0 unspecified atom stereocenters. The summed E-state index contributed by atoms with van der Waals surface area (Å²) in [7, 11) is 1.99. The largest absolute Gasteiger partial charge is 0.419 e. The van der Waals surface area contributed by atoms with Crippen molar-refractivity contribution in [1.82, 2.24) is 15.4 Å². The molecule has 4 aromatic rings. The second kappa shape index (κ2) is 6.84. The first-order chi connectivity index (χ1) is 12.7. The number of aromatic nitrogens is 3. The van der Waals surface area contributed by atoms with Gasteiger partial charge in [0.05, 0.1) is 6.54 Å². The summed E-state index contributed by atoms with van der Waals surface area (Å²) in [6.45, 7) is 2.36. The molecule has 0 N–H and O–H groups in total. The van der Waals surface area contributed by atoms with Crippen molar-refractivity contribution in [2.75, 3.05) is 11.9 Å². The second-order valence-corrected chi connectivity index (χ2v) is 6.02. The zero-order valence-electron chi connectivity index (χ0n) is 14.6. The van der Waals surface area contributed by atoms with Crippen molar-refractivity contribution in [3.8, 4) is 22.7 Å². The number of hydrogen-bond acceptors (Lipinski definition) is 6. The van der Waals surface area contributed by atoms with Crippen LogP contribution in [0.25, 0.3) is 22.7 Å². The maximum Gasteiger partial charge on any atom is 0.253 e. The Balaban J connectivity index is 1.62. The van der Waals surface area contributed by atoms with Gasteiger partial charge in [0.15, 0.2) is 0 Å². The molecular weight excluding hydrogens is 328 g/mol.